The Morgan fingerprint density at radius 2 is 1.83 bits per heavy atom. The van der Waals surface area contributed by atoms with Gasteiger partial charge in [-0.3, -0.25) is 4.98 Å². The molecule has 3 heteroatoms. The summed E-state index contributed by atoms with van der Waals surface area (Å²) in [4.78, 5) is 4.31. The number of nitrogens with zero attached hydrogens (tertiary/aromatic N) is 1. The maximum absolute atomic E-state index is 13.3. The molecule has 0 radical (unpaired) electrons. The molecule has 1 N–H and O–H groups in total. The SMILES string of the molecule is Oc1cc(F)cc(-c2cccc3cccnc23)c1. The van der Waals surface area contributed by atoms with Gasteiger partial charge in [-0.1, -0.05) is 24.3 Å². The van der Waals surface area contributed by atoms with Crippen molar-refractivity contribution < 1.29 is 9.50 Å². The van der Waals surface area contributed by atoms with Crippen LogP contribution in [0.4, 0.5) is 4.39 Å². The van der Waals surface area contributed by atoms with E-state index >= 15 is 0 Å². The molecule has 1 aromatic heterocycles. The number of hydrogen-bond donors (Lipinski definition) is 1. The number of pyridine rings is 1. The lowest BCUT2D eigenvalue weighted by atomic mass is 10.0. The van der Waals surface area contributed by atoms with Gasteiger partial charge in [0.2, 0.25) is 0 Å². The van der Waals surface area contributed by atoms with Gasteiger partial charge in [0, 0.05) is 23.2 Å². The number of benzene rings is 2. The van der Waals surface area contributed by atoms with Gasteiger partial charge in [-0.15, -0.1) is 0 Å². The van der Waals surface area contributed by atoms with Gasteiger partial charge >= 0.3 is 0 Å². The van der Waals surface area contributed by atoms with E-state index in [1.165, 1.54) is 12.1 Å². The molecule has 3 rings (SSSR count). The first-order valence-electron chi connectivity index (χ1n) is 5.58. The molecule has 0 fully saturated rings. The Morgan fingerprint density at radius 3 is 2.67 bits per heavy atom. The Bertz CT molecular complexity index is 699. The van der Waals surface area contributed by atoms with E-state index in [0.29, 0.717) is 5.56 Å². The lowest BCUT2D eigenvalue weighted by Gasteiger charge is -2.06. The smallest absolute Gasteiger partial charge is 0.127 e. The van der Waals surface area contributed by atoms with Crippen LogP contribution in [-0.2, 0) is 0 Å². The Hall–Kier alpha value is -2.42. The molecule has 1 heterocycles. The number of halogens is 1. The van der Waals surface area contributed by atoms with Crippen molar-refractivity contribution in [2.24, 2.45) is 0 Å². The van der Waals surface area contributed by atoms with Crippen LogP contribution in [0.2, 0.25) is 0 Å². The lowest BCUT2D eigenvalue weighted by Crippen LogP contribution is -1.85. The quantitative estimate of drug-likeness (QED) is 0.701. The number of hydrogen-bond acceptors (Lipinski definition) is 2. The first-order chi connectivity index (χ1) is 8.74. The third-order valence-corrected chi connectivity index (χ3v) is 2.83. The molecule has 0 spiro atoms. The number of para-hydroxylation sites is 1. The van der Waals surface area contributed by atoms with Gasteiger partial charge in [-0.2, -0.15) is 0 Å². The van der Waals surface area contributed by atoms with Crippen molar-refractivity contribution in [3.05, 3.63) is 60.5 Å². The molecule has 2 nitrogen and oxygen atoms in total. The van der Waals surface area contributed by atoms with Crippen LogP contribution >= 0.6 is 0 Å². The highest BCUT2D eigenvalue weighted by atomic mass is 19.1. The van der Waals surface area contributed by atoms with Crippen molar-refractivity contribution >= 4 is 10.9 Å². The fourth-order valence-corrected chi connectivity index (χ4v) is 2.07. The van der Waals surface area contributed by atoms with E-state index in [1.54, 1.807) is 6.20 Å². The fraction of sp³-hybridized carbons (Fsp3) is 0. The molecule has 0 atom stereocenters. The van der Waals surface area contributed by atoms with E-state index in [0.717, 1.165) is 22.5 Å². The second-order valence-corrected chi connectivity index (χ2v) is 4.08. The Kier molecular flexibility index (Phi) is 2.45. The topological polar surface area (TPSA) is 33.1 Å². The molecule has 0 saturated heterocycles. The van der Waals surface area contributed by atoms with E-state index in [2.05, 4.69) is 4.98 Å². The maximum atomic E-state index is 13.3. The van der Waals surface area contributed by atoms with E-state index in [4.69, 9.17) is 0 Å². The van der Waals surface area contributed by atoms with Crippen molar-refractivity contribution in [3.8, 4) is 16.9 Å². The third kappa shape index (κ3) is 1.80. The molecule has 2 aromatic carbocycles. The second kappa shape index (κ2) is 4.11. The second-order valence-electron chi connectivity index (χ2n) is 4.08. The highest BCUT2D eigenvalue weighted by Gasteiger charge is 2.07. The zero-order valence-electron chi connectivity index (χ0n) is 9.47. The number of fused-ring (bicyclic) bond motifs is 1. The van der Waals surface area contributed by atoms with E-state index in [1.807, 2.05) is 30.3 Å². The van der Waals surface area contributed by atoms with Crippen LogP contribution in [0.15, 0.2) is 54.7 Å². The van der Waals surface area contributed by atoms with Crippen LogP contribution in [0.25, 0.3) is 22.0 Å². The normalized spacial score (nSPS) is 10.7. The monoisotopic (exact) mass is 239 g/mol. The van der Waals surface area contributed by atoms with Crippen molar-refractivity contribution in [3.63, 3.8) is 0 Å². The molecule has 0 aliphatic heterocycles. The first kappa shape index (κ1) is 10.7. The zero-order chi connectivity index (χ0) is 12.5. The summed E-state index contributed by atoms with van der Waals surface area (Å²) in [6, 6.07) is 13.5. The molecule has 0 bridgehead atoms. The minimum absolute atomic E-state index is 0.0852. The molecule has 0 saturated carbocycles. The number of aromatic nitrogens is 1. The van der Waals surface area contributed by atoms with Crippen molar-refractivity contribution in [1.82, 2.24) is 4.98 Å². The van der Waals surface area contributed by atoms with E-state index in [9.17, 15) is 9.50 Å². The summed E-state index contributed by atoms with van der Waals surface area (Å²) < 4.78 is 13.3. The number of rotatable bonds is 1. The molecular weight excluding hydrogens is 229 g/mol. The summed E-state index contributed by atoms with van der Waals surface area (Å²) >= 11 is 0. The zero-order valence-corrected chi connectivity index (χ0v) is 9.47. The van der Waals surface area contributed by atoms with Crippen molar-refractivity contribution in [1.29, 1.82) is 0 Å². The molecule has 0 amide bonds. The van der Waals surface area contributed by atoms with Gasteiger partial charge in [0.15, 0.2) is 0 Å². The van der Waals surface area contributed by atoms with Gasteiger partial charge in [0.25, 0.3) is 0 Å². The van der Waals surface area contributed by atoms with Gasteiger partial charge in [-0.25, -0.2) is 4.39 Å². The molecule has 0 unspecified atom stereocenters. The van der Waals surface area contributed by atoms with Crippen LogP contribution in [0, 0.1) is 5.82 Å². The molecule has 0 aliphatic carbocycles. The van der Waals surface area contributed by atoms with Gasteiger partial charge < -0.3 is 5.11 Å². The molecule has 0 aliphatic rings. The summed E-state index contributed by atoms with van der Waals surface area (Å²) in [5.74, 6) is -0.545. The average Bonchev–Trinajstić information content (AvgIpc) is 2.37. The summed E-state index contributed by atoms with van der Waals surface area (Å²) in [7, 11) is 0. The predicted molar refractivity (Wildman–Crippen MR) is 68.8 cm³/mol. The summed E-state index contributed by atoms with van der Waals surface area (Å²) in [5.41, 5.74) is 2.23. The Balaban J connectivity index is 2.31. The number of aromatic hydroxyl groups is 1. The van der Waals surface area contributed by atoms with Gasteiger partial charge in [0.1, 0.15) is 11.6 Å². The lowest BCUT2D eigenvalue weighted by molar-refractivity contribution is 0.469. The largest absolute Gasteiger partial charge is 0.508 e. The summed E-state index contributed by atoms with van der Waals surface area (Å²) in [5, 5.41) is 10.5. The third-order valence-electron chi connectivity index (χ3n) is 2.83. The van der Waals surface area contributed by atoms with Gasteiger partial charge in [-0.05, 0) is 23.8 Å². The number of phenols is 1. The average molecular weight is 239 g/mol. The Labute approximate surface area is 103 Å². The maximum Gasteiger partial charge on any atom is 0.127 e. The van der Waals surface area contributed by atoms with Crippen molar-refractivity contribution in [2.45, 2.75) is 0 Å². The molecular formula is C15H10FNO. The Morgan fingerprint density at radius 1 is 1.00 bits per heavy atom. The molecule has 3 aromatic rings. The van der Waals surface area contributed by atoms with Crippen LogP contribution in [0.3, 0.4) is 0 Å². The number of phenolic OH excluding ortho intramolecular Hbond substituents is 1. The summed E-state index contributed by atoms with van der Waals surface area (Å²) in [6.07, 6.45) is 1.70. The van der Waals surface area contributed by atoms with E-state index in [-0.39, 0.29) is 5.75 Å². The van der Waals surface area contributed by atoms with Crippen LogP contribution < -0.4 is 0 Å². The van der Waals surface area contributed by atoms with E-state index < -0.39 is 5.82 Å². The predicted octanol–water partition coefficient (Wildman–Crippen LogP) is 3.75. The minimum Gasteiger partial charge on any atom is -0.508 e. The van der Waals surface area contributed by atoms with Crippen molar-refractivity contribution in [2.75, 3.05) is 0 Å². The standard InChI is InChI=1S/C15H10FNO/c16-12-7-11(8-13(18)9-12)14-5-1-3-10-4-2-6-17-15(10)14/h1-9,18H. The van der Waals surface area contributed by atoms with Crippen LogP contribution in [0.5, 0.6) is 5.75 Å². The minimum atomic E-state index is -0.460. The van der Waals surface area contributed by atoms with Crippen LogP contribution in [-0.4, -0.2) is 10.1 Å². The molecule has 18 heavy (non-hydrogen) atoms. The van der Waals surface area contributed by atoms with Crippen LogP contribution in [0.1, 0.15) is 0 Å². The van der Waals surface area contributed by atoms with Gasteiger partial charge in [0.05, 0.1) is 5.52 Å². The fourth-order valence-electron chi connectivity index (χ4n) is 2.07. The summed E-state index contributed by atoms with van der Waals surface area (Å²) in [6.45, 7) is 0. The highest BCUT2D eigenvalue weighted by molar-refractivity contribution is 5.93. The molecule has 88 valence electrons. The first-order valence-corrected chi connectivity index (χ1v) is 5.58. The highest BCUT2D eigenvalue weighted by Crippen LogP contribution is 2.29.